The Bertz CT molecular complexity index is 1520. The fourth-order valence-electron chi connectivity index (χ4n) is 5.14. The van der Waals surface area contributed by atoms with Crippen LogP contribution >= 0.6 is 0 Å². The number of fused-ring (bicyclic) bond motifs is 1. The molecule has 1 aromatic heterocycles. The molecule has 1 aliphatic heterocycles. The molecule has 4 aromatic rings. The van der Waals surface area contributed by atoms with Crippen LogP contribution in [0.25, 0.3) is 22.2 Å². The highest BCUT2D eigenvalue weighted by molar-refractivity contribution is 6.10. The van der Waals surface area contributed by atoms with E-state index in [4.69, 9.17) is 15.5 Å². The predicted octanol–water partition coefficient (Wildman–Crippen LogP) is 4.52. The van der Waals surface area contributed by atoms with Gasteiger partial charge in [0.2, 0.25) is 5.91 Å². The first kappa shape index (κ1) is 26.8. The SMILES string of the molecule is COC(=O)N(NC(=O)c1c(CN2CCC(C(N)=O)CC2)c(-c2ccccc2)nc2ccccc12)c1ccccc1. The number of piperidine rings is 1. The van der Waals surface area contributed by atoms with Gasteiger partial charge in [-0.05, 0) is 44.1 Å². The molecule has 0 unspecified atom stereocenters. The van der Waals surface area contributed by atoms with Crippen LogP contribution in [0.4, 0.5) is 10.5 Å². The minimum atomic E-state index is -0.726. The maximum Gasteiger partial charge on any atom is 0.433 e. The summed E-state index contributed by atoms with van der Waals surface area (Å²) in [6, 6.07) is 26.0. The van der Waals surface area contributed by atoms with Crippen LogP contribution in [0.15, 0.2) is 84.9 Å². The van der Waals surface area contributed by atoms with Crippen LogP contribution in [0.1, 0.15) is 28.8 Å². The Morgan fingerprint density at radius 2 is 1.57 bits per heavy atom. The molecule has 40 heavy (non-hydrogen) atoms. The van der Waals surface area contributed by atoms with E-state index in [2.05, 4.69) is 10.3 Å². The highest BCUT2D eigenvalue weighted by Gasteiger charge is 2.29. The molecule has 0 aliphatic carbocycles. The van der Waals surface area contributed by atoms with Crippen molar-refractivity contribution in [2.24, 2.45) is 11.7 Å². The zero-order chi connectivity index (χ0) is 28.1. The number of carbonyl (C=O) groups is 3. The predicted molar refractivity (Wildman–Crippen MR) is 153 cm³/mol. The molecule has 9 nitrogen and oxygen atoms in total. The molecule has 204 valence electrons. The van der Waals surface area contributed by atoms with Gasteiger partial charge in [-0.2, -0.15) is 5.01 Å². The van der Waals surface area contributed by atoms with Crippen LogP contribution in [0.2, 0.25) is 0 Å². The summed E-state index contributed by atoms with van der Waals surface area (Å²) < 4.78 is 4.98. The summed E-state index contributed by atoms with van der Waals surface area (Å²) in [5.74, 6) is -0.894. The number of amides is 3. The summed E-state index contributed by atoms with van der Waals surface area (Å²) in [4.78, 5) is 45.9. The third-order valence-corrected chi connectivity index (χ3v) is 7.22. The quantitative estimate of drug-likeness (QED) is 0.349. The number of anilines is 1. The van der Waals surface area contributed by atoms with Gasteiger partial charge in [-0.15, -0.1) is 0 Å². The van der Waals surface area contributed by atoms with Crippen LogP contribution < -0.4 is 16.2 Å². The molecule has 5 rings (SSSR count). The number of hydrogen-bond donors (Lipinski definition) is 2. The van der Waals surface area contributed by atoms with Gasteiger partial charge in [0.1, 0.15) is 0 Å². The van der Waals surface area contributed by atoms with Crippen molar-refractivity contribution in [3.05, 3.63) is 96.1 Å². The number of benzene rings is 3. The maximum atomic E-state index is 14.2. The lowest BCUT2D eigenvalue weighted by molar-refractivity contribution is -0.123. The third kappa shape index (κ3) is 5.64. The summed E-state index contributed by atoms with van der Waals surface area (Å²) in [5.41, 5.74) is 12.2. The normalized spacial score (nSPS) is 14.0. The van der Waals surface area contributed by atoms with Crippen molar-refractivity contribution in [2.75, 3.05) is 25.2 Å². The Labute approximate surface area is 232 Å². The first-order chi connectivity index (χ1) is 19.5. The van der Waals surface area contributed by atoms with Crippen molar-refractivity contribution in [2.45, 2.75) is 19.4 Å². The van der Waals surface area contributed by atoms with E-state index in [0.717, 1.165) is 16.1 Å². The van der Waals surface area contributed by atoms with Crippen molar-refractivity contribution < 1.29 is 19.1 Å². The number of nitrogens with zero attached hydrogens (tertiary/aromatic N) is 3. The van der Waals surface area contributed by atoms with E-state index in [9.17, 15) is 14.4 Å². The van der Waals surface area contributed by atoms with Gasteiger partial charge < -0.3 is 10.5 Å². The van der Waals surface area contributed by atoms with Gasteiger partial charge in [0.25, 0.3) is 5.91 Å². The van der Waals surface area contributed by atoms with Crippen LogP contribution in [-0.2, 0) is 16.1 Å². The number of nitrogens with two attached hydrogens (primary N) is 1. The molecule has 0 atom stereocenters. The Balaban J connectivity index is 1.62. The monoisotopic (exact) mass is 537 g/mol. The molecule has 0 bridgehead atoms. The zero-order valence-corrected chi connectivity index (χ0v) is 22.2. The Hall–Kier alpha value is -4.76. The molecule has 1 saturated heterocycles. The van der Waals surface area contributed by atoms with Crippen molar-refractivity contribution in [3.8, 4) is 11.3 Å². The van der Waals surface area contributed by atoms with E-state index in [0.29, 0.717) is 60.3 Å². The van der Waals surface area contributed by atoms with Crippen LogP contribution in [0, 0.1) is 5.92 Å². The lowest BCUT2D eigenvalue weighted by Gasteiger charge is -2.32. The molecule has 1 fully saturated rings. The number of ether oxygens (including phenoxy) is 1. The molecule has 0 saturated carbocycles. The van der Waals surface area contributed by atoms with Crippen molar-refractivity contribution in [1.29, 1.82) is 0 Å². The fourth-order valence-corrected chi connectivity index (χ4v) is 5.14. The number of methoxy groups -OCH3 is 1. The minimum absolute atomic E-state index is 0.151. The van der Waals surface area contributed by atoms with Gasteiger partial charge in [-0.25, -0.2) is 9.78 Å². The first-order valence-electron chi connectivity index (χ1n) is 13.2. The smallest absolute Gasteiger partial charge is 0.433 e. The van der Waals surface area contributed by atoms with Gasteiger partial charge in [0.05, 0.1) is 29.6 Å². The summed E-state index contributed by atoms with van der Waals surface area (Å²) in [5, 5.41) is 1.77. The first-order valence-corrected chi connectivity index (χ1v) is 13.2. The number of rotatable bonds is 6. The molecule has 3 amide bonds. The molecule has 2 heterocycles. The fraction of sp³-hybridized carbons (Fsp3) is 0.226. The van der Waals surface area contributed by atoms with Gasteiger partial charge in [0, 0.05) is 29.0 Å². The standard InChI is InChI=1S/C31H31N5O4/c1-40-31(39)36(23-12-6-3-7-13-23)34-30(38)27-24-14-8-9-15-26(24)33-28(21-10-4-2-5-11-21)25(27)20-35-18-16-22(17-19-35)29(32)37/h2-15,22H,16-20H2,1H3,(H2,32,37)(H,34,38). The maximum absolute atomic E-state index is 14.2. The summed E-state index contributed by atoms with van der Waals surface area (Å²) in [6.45, 7) is 1.75. The van der Waals surface area contributed by atoms with Gasteiger partial charge >= 0.3 is 6.09 Å². The van der Waals surface area contributed by atoms with E-state index in [1.807, 2.05) is 60.7 Å². The summed E-state index contributed by atoms with van der Waals surface area (Å²) >= 11 is 0. The second kappa shape index (κ2) is 12.0. The largest absolute Gasteiger partial charge is 0.451 e. The topological polar surface area (TPSA) is 118 Å². The van der Waals surface area contributed by atoms with Gasteiger partial charge in [0.15, 0.2) is 0 Å². The number of aromatic nitrogens is 1. The lowest BCUT2D eigenvalue weighted by atomic mass is 9.93. The van der Waals surface area contributed by atoms with Crippen molar-refractivity contribution in [3.63, 3.8) is 0 Å². The molecule has 3 aromatic carbocycles. The molecular weight excluding hydrogens is 506 g/mol. The number of para-hydroxylation sites is 2. The molecular formula is C31H31N5O4. The Morgan fingerprint density at radius 3 is 2.23 bits per heavy atom. The van der Waals surface area contributed by atoms with E-state index in [1.54, 1.807) is 24.3 Å². The lowest BCUT2D eigenvalue weighted by Crippen LogP contribution is -2.47. The average molecular weight is 538 g/mol. The number of likely N-dealkylation sites (tertiary alicyclic amines) is 1. The van der Waals surface area contributed by atoms with Crippen molar-refractivity contribution in [1.82, 2.24) is 15.3 Å². The Kier molecular flexibility index (Phi) is 8.02. The molecule has 0 radical (unpaired) electrons. The summed E-state index contributed by atoms with van der Waals surface area (Å²) in [6.07, 6.45) is 0.585. The van der Waals surface area contributed by atoms with Crippen molar-refractivity contribution >= 4 is 34.5 Å². The Morgan fingerprint density at radius 1 is 0.950 bits per heavy atom. The molecule has 3 N–H and O–H groups in total. The van der Waals surface area contributed by atoms with Gasteiger partial charge in [-0.1, -0.05) is 66.7 Å². The number of hydrazine groups is 1. The number of nitrogens with one attached hydrogen (secondary N) is 1. The molecule has 0 spiro atoms. The van der Waals surface area contributed by atoms with E-state index >= 15 is 0 Å². The number of carbonyl (C=O) groups excluding carboxylic acids is 3. The highest BCUT2D eigenvalue weighted by Crippen LogP contribution is 2.32. The van der Waals surface area contributed by atoms with Gasteiger partial charge in [-0.3, -0.25) is 19.9 Å². The second-order valence-electron chi connectivity index (χ2n) is 9.73. The molecule has 1 aliphatic rings. The van der Waals surface area contributed by atoms with Crippen LogP contribution in [-0.4, -0.2) is 48.0 Å². The van der Waals surface area contributed by atoms with E-state index in [-0.39, 0.29) is 11.8 Å². The van der Waals surface area contributed by atoms with Crippen LogP contribution in [0.3, 0.4) is 0 Å². The minimum Gasteiger partial charge on any atom is -0.451 e. The number of pyridine rings is 1. The number of hydrogen-bond acceptors (Lipinski definition) is 6. The highest BCUT2D eigenvalue weighted by atomic mass is 16.5. The second-order valence-corrected chi connectivity index (χ2v) is 9.73. The average Bonchev–Trinajstić information content (AvgIpc) is 3.00. The summed E-state index contributed by atoms with van der Waals surface area (Å²) in [7, 11) is 1.26. The zero-order valence-electron chi connectivity index (χ0n) is 22.2. The van der Waals surface area contributed by atoms with E-state index in [1.165, 1.54) is 7.11 Å². The number of primary amides is 1. The third-order valence-electron chi connectivity index (χ3n) is 7.22. The molecule has 9 heteroatoms. The van der Waals surface area contributed by atoms with Crippen LogP contribution in [0.5, 0.6) is 0 Å². The van der Waals surface area contributed by atoms with E-state index < -0.39 is 12.0 Å².